The number of ether oxygens (including phenoxy) is 1. The van der Waals surface area contributed by atoms with E-state index in [1.165, 1.54) is 25.9 Å². The summed E-state index contributed by atoms with van der Waals surface area (Å²) in [4.78, 5) is 27.1. The molecule has 0 radical (unpaired) electrons. The number of esters is 1. The Balaban J connectivity index is 1.56. The molecule has 1 saturated heterocycles. The Kier molecular flexibility index (Phi) is 5.05. The van der Waals surface area contributed by atoms with Crippen LogP contribution in [0.15, 0.2) is 11.1 Å². The molecule has 0 atom stereocenters. The monoisotopic (exact) mass is 320 g/mol. The number of carbonyl (C=O) groups excluding carboxylic acids is 2. The zero-order valence-electron chi connectivity index (χ0n) is 14.2. The van der Waals surface area contributed by atoms with Crippen LogP contribution in [0.1, 0.15) is 58.3 Å². The molecule has 128 valence electrons. The lowest BCUT2D eigenvalue weighted by Gasteiger charge is -2.34. The molecule has 3 rings (SSSR count). The van der Waals surface area contributed by atoms with Gasteiger partial charge in [-0.1, -0.05) is 6.42 Å². The maximum absolute atomic E-state index is 12.7. The van der Waals surface area contributed by atoms with E-state index < -0.39 is 5.60 Å². The minimum atomic E-state index is -0.640. The van der Waals surface area contributed by atoms with Crippen LogP contribution in [0, 0.1) is 0 Å². The van der Waals surface area contributed by atoms with Crippen molar-refractivity contribution >= 4 is 11.9 Å². The third-order valence-electron chi connectivity index (χ3n) is 5.45. The lowest BCUT2D eigenvalue weighted by Crippen LogP contribution is -2.41. The minimum Gasteiger partial charge on any atom is -0.451 e. The first-order valence-electron chi connectivity index (χ1n) is 9.08. The molecule has 1 amide bonds. The topological polar surface area (TPSA) is 58.6 Å². The van der Waals surface area contributed by atoms with Gasteiger partial charge in [0.2, 0.25) is 0 Å². The van der Waals surface area contributed by atoms with Gasteiger partial charge in [-0.2, -0.15) is 0 Å². The SMILES string of the molecule is CC1=C(C(=O)NCCCN2CCCC2)C2(CCCCC2)OC1=O. The number of hydrogen-bond donors (Lipinski definition) is 1. The molecular formula is C18H28N2O3. The quantitative estimate of drug-likeness (QED) is 0.623. The van der Waals surface area contributed by atoms with Crippen molar-refractivity contribution in [1.82, 2.24) is 10.2 Å². The molecule has 0 aromatic heterocycles. The van der Waals surface area contributed by atoms with E-state index in [0.29, 0.717) is 17.7 Å². The lowest BCUT2D eigenvalue weighted by atomic mass is 9.78. The first-order valence-corrected chi connectivity index (χ1v) is 9.08. The van der Waals surface area contributed by atoms with Gasteiger partial charge in [0.1, 0.15) is 5.60 Å². The maximum atomic E-state index is 12.7. The second-order valence-corrected chi connectivity index (χ2v) is 7.10. The van der Waals surface area contributed by atoms with Gasteiger partial charge in [-0.05, 0) is 71.5 Å². The first-order chi connectivity index (χ1) is 11.1. The third kappa shape index (κ3) is 3.44. The van der Waals surface area contributed by atoms with Crippen molar-refractivity contribution in [3.63, 3.8) is 0 Å². The molecular weight excluding hydrogens is 292 g/mol. The molecule has 2 heterocycles. The van der Waals surface area contributed by atoms with Gasteiger partial charge in [-0.15, -0.1) is 0 Å². The third-order valence-corrected chi connectivity index (χ3v) is 5.45. The molecule has 0 aromatic rings. The number of nitrogens with zero attached hydrogens (tertiary/aromatic N) is 1. The summed E-state index contributed by atoms with van der Waals surface area (Å²) in [5.41, 5.74) is 0.464. The second-order valence-electron chi connectivity index (χ2n) is 7.10. The average Bonchev–Trinajstić information content (AvgIpc) is 3.12. The summed E-state index contributed by atoms with van der Waals surface area (Å²) in [7, 11) is 0. The van der Waals surface area contributed by atoms with Gasteiger partial charge in [-0.25, -0.2) is 4.79 Å². The summed E-state index contributed by atoms with van der Waals surface area (Å²) < 4.78 is 5.64. The fraction of sp³-hybridized carbons (Fsp3) is 0.778. The van der Waals surface area contributed by atoms with Crippen LogP contribution >= 0.6 is 0 Å². The zero-order valence-corrected chi connectivity index (χ0v) is 14.2. The predicted octanol–water partition coefficient (Wildman–Crippen LogP) is 2.16. The molecule has 5 nitrogen and oxygen atoms in total. The fourth-order valence-electron chi connectivity index (χ4n) is 4.20. The van der Waals surface area contributed by atoms with Gasteiger partial charge in [-0.3, -0.25) is 4.79 Å². The van der Waals surface area contributed by atoms with Gasteiger partial charge >= 0.3 is 5.97 Å². The van der Waals surface area contributed by atoms with Crippen LogP contribution in [0.3, 0.4) is 0 Å². The number of rotatable bonds is 5. The molecule has 0 aromatic carbocycles. The highest BCUT2D eigenvalue weighted by atomic mass is 16.6. The van der Waals surface area contributed by atoms with E-state index in [0.717, 1.165) is 45.1 Å². The highest BCUT2D eigenvalue weighted by molar-refractivity contribution is 6.07. The molecule has 1 aliphatic carbocycles. The van der Waals surface area contributed by atoms with Crippen molar-refractivity contribution in [2.24, 2.45) is 0 Å². The molecule has 3 aliphatic rings. The molecule has 23 heavy (non-hydrogen) atoms. The summed E-state index contributed by atoms with van der Waals surface area (Å²) >= 11 is 0. The van der Waals surface area contributed by atoms with Gasteiger partial charge in [0.05, 0.1) is 5.57 Å². The molecule has 1 saturated carbocycles. The maximum Gasteiger partial charge on any atom is 0.335 e. The number of carbonyl (C=O) groups is 2. The van der Waals surface area contributed by atoms with Gasteiger partial charge < -0.3 is 15.0 Å². The van der Waals surface area contributed by atoms with Crippen LogP contribution in [-0.4, -0.2) is 48.6 Å². The molecule has 1 N–H and O–H groups in total. The van der Waals surface area contributed by atoms with E-state index in [1.54, 1.807) is 6.92 Å². The highest BCUT2D eigenvalue weighted by Crippen LogP contribution is 2.43. The first kappa shape index (κ1) is 16.5. The van der Waals surface area contributed by atoms with Crippen LogP contribution in [0.2, 0.25) is 0 Å². The summed E-state index contributed by atoms with van der Waals surface area (Å²) in [5, 5.41) is 3.02. The van der Waals surface area contributed by atoms with Gasteiger partial charge in [0, 0.05) is 12.1 Å². The van der Waals surface area contributed by atoms with Crippen LogP contribution in [0.4, 0.5) is 0 Å². The summed E-state index contributed by atoms with van der Waals surface area (Å²) in [5.74, 6) is -0.411. The average molecular weight is 320 g/mol. The summed E-state index contributed by atoms with van der Waals surface area (Å²) in [6.07, 6.45) is 8.31. The number of nitrogens with one attached hydrogen (secondary N) is 1. The Morgan fingerprint density at radius 1 is 1.17 bits per heavy atom. The lowest BCUT2D eigenvalue weighted by molar-refractivity contribution is -0.149. The molecule has 0 bridgehead atoms. The highest BCUT2D eigenvalue weighted by Gasteiger charge is 2.49. The predicted molar refractivity (Wildman–Crippen MR) is 87.9 cm³/mol. The van der Waals surface area contributed by atoms with Crippen molar-refractivity contribution in [2.45, 2.75) is 63.9 Å². The van der Waals surface area contributed by atoms with E-state index in [1.807, 2.05) is 0 Å². The van der Waals surface area contributed by atoms with Gasteiger partial charge in [0.15, 0.2) is 0 Å². The molecule has 1 spiro atoms. The Morgan fingerprint density at radius 3 is 2.57 bits per heavy atom. The molecule has 2 fully saturated rings. The second kappa shape index (κ2) is 7.04. The van der Waals surface area contributed by atoms with E-state index in [4.69, 9.17) is 4.74 Å². The summed E-state index contributed by atoms with van der Waals surface area (Å²) in [6.45, 7) is 5.80. The Labute approximate surface area is 138 Å². The van der Waals surface area contributed by atoms with Crippen molar-refractivity contribution in [2.75, 3.05) is 26.2 Å². The smallest absolute Gasteiger partial charge is 0.335 e. The van der Waals surface area contributed by atoms with Crippen LogP contribution in [0.5, 0.6) is 0 Å². The normalized spacial score (nSPS) is 24.3. The van der Waals surface area contributed by atoms with E-state index >= 15 is 0 Å². The zero-order chi connectivity index (χ0) is 16.3. The number of amides is 1. The largest absolute Gasteiger partial charge is 0.451 e. The van der Waals surface area contributed by atoms with E-state index in [-0.39, 0.29) is 11.9 Å². The molecule has 2 aliphatic heterocycles. The number of likely N-dealkylation sites (tertiary alicyclic amines) is 1. The summed E-state index contributed by atoms with van der Waals surface area (Å²) in [6, 6.07) is 0. The van der Waals surface area contributed by atoms with Crippen LogP contribution in [0.25, 0.3) is 0 Å². The van der Waals surface area contributed by atoms with E-state index in [9.17, 15) is 9.59 Å². The minimum absolute atomic E-state index is 0.100. The number of hydrogen-bond acceptors (Lipinski definition) is 4. The van der Waals surface area contributed by atoms with E-state index in [2.05, 4.69) is 10.2 Å². The Bertz CT molecular complexity index is 500. The molecule has 5 heteroatoms. The Hall–Kier alpha value is -1.36. The van der Waals surface area contributed by atoms with Crippen LogP contribution in [-0.2, 0) is 14.3 Å². The van der Waals surface area contributed by atoms with Crippen molar-refractivity contribution < 1.29 is 14.3 Å². The standard InChI is InChI=1S/C18H28N2O3/c1-14-15(18(23-17(14)22)8-3-2-4-9-18)16(21)19-10-7-13-20-11-5-6-12-20/h2-13H2,1H3,(H,19,21). The van der Waals surface area contributed by atoms with Crippen LogP contribution < -0.4 is 5.32 Å². The van der Waals surface area contributed by atoms with Crippen molar-refractivity contribution in [3.8, 4) is 0 Å². The van der Waals surface area contributed by atoms with Crippen molar-refractivity contribution in [3.05, 3.63) is 11.1 Å². The van der Waals surface area contributed by atoms with Crippen molar-refractivity contribution in [1.29, 1.82) is 0 Å². The van der Waals surface area contributed by atoms with Gasteiger partial charge in [0.25, 0.3) is 5.91 Å². The Morgan fingerprint density at radius 2 is 1.87 bits per heavy atom. The fourth-order valence-corrected chi connectivity index (χ4v) is 4.20. The molecule has 0 unspecified atom stereocenters.